The molecule has 4 atom stereocenters. The number of hydrogen-bond donors (Lipinski definition) is 3. The molecule has 3 bridgehead atoms. The summed E-state index contributed by atoms with van der Waals surface area (Å²) in [5.41, 5.74) is 2.90. The van der Waals surface area contributed by atoms with Gasteiger partial charge in [-0.2, -0.15) is 0 Å². The van der Waals surface area contributed by atoms with Crippen molar-refractivity contribution in [2.45, 2.75) is 38.5 Å². The molecule has 7 rings (SSSR count). The van der Waals surface area contributed by atoms with E-state index < -0.39 is 5.41 Å². The molecule has 9 nitrogen and oxygen atoms in total. The minimum Gasteiger partial charge on any atom is -0.337 e. The Balaban J connectivity index is 1.05. The maximum Gasteiger partial charge on any atom is 0.275 e. The Morgan fingerprint density at radius 1 is 1.00 bits per heavy atom. The van der Waals surface area contributed by atoms with Crippen LogP contribution in [-0.4, -0.2) is 37.5 Å². The van der Waals surface area contributed by atoms with Crippen LogP contribution in [0.3, 0.4) is 0 Å². The highest BCUT2D eigenvalue weighted by molar-refractivity contribution is 6.03. The first-order valence-electron chi connectivity index (χ1n) is 13.5. The van der Waals surface area contributed by atoms with Gasteiger partial charge in [0.25, 0.3) is 5.91 Å². The van der Waals surface area contributed by atoms with Gasteiger partial charge in [-0.15, -0.1) is 0 Å². The number of H-pyrrole nitrogens is 1. The summed E-state index contributed by atoms with van der Waals surface area (Å²) < 4.78 is 0. The van der Waals surface area contributed by atoms with E-state index in [4.69, 9.17) is 0 Å². The van der Waals surface area contributed by atoms with Gasteiger partial charge in [0.1, 0.15) is 23.1 Å². The number of ketones is 1. The summed E-state index contributed by atoms with van der Waals surface area (Å²) in [6.45, 7) is 0. The zero-order valence-electron chi connectivity index (χ0n) is 21.3. The molecule has 0 radical (unpaired) electrons. The second kappa shape index (κ2) is 9.11. The third-order valence-electron chi connectivity index (χ3n) is 8.77. The number of hydrogen-bond acceptors (Lipinski definition) is 6. The Bertz CT molecular complexity index is 1600. The van der Waals surface area contributed by atoms with Crippen LogP contribution in [0.2, 0.25) is 0 Å². The summed E-state index contributed by atoms with van der Waals surface area (Å²) in [5, 5.41) is 5.90. The number of aromatic amines is 1. The van der Waals surface area contributed by atoms with Gasteiger partial charge in [-0.05, 0) is 80.3 Å². The number of pyridine rings is 2. The first-order chi connectivity index (χ1) is 19.0. The monoisotopic (exact) mass is 520 g/mol. The topological polar surface area (TPSA) is 130 Å². The number of anilines is 2. The lowest BCUT2D eigenvalue weighted by molar-refractivity contribution is -0.128. The van der Waals surface area contributed by atoms with E-state index in [1.165, 1.54) is 0 Å². The van der Waals surface area contributed by atoms with E-state index in [0.717, 1.165) is 42.5 Å². The van der Waals surface area contributed by atoms with Gasteiger partial charge in [0.15, 0.2) is 0 Å². The summed E-state index contributed by atoms with van der Waals surface area (Å²) in [5.74, 6) is 2.05. The number of aromatic nitrogens is 4. The lowest BCUT2D eigenvalue weighted by atomic mass is 9.69. The number of rotatable bonds is 5. The molecule has 3 heterocycles. The van der Waals surface area contributed by atoms with Crippen LogP contribution in [0.4, 0.5) is 11.5 Å². The van der Waals surface area contributed by atoms with E-state index in [1.54, 1.807) is 36.7 Å². The molecule has 3 aromatic heterocycles. The minimum absolute atomic E-state index is 0.0530. The lowest BCUT2D eigenvalue weighted by Crippen LogP contribution is -2.38. The maximum atomic E-state index is 13.5. The largest absolute Gasteiger partial charge is 0.337 e. The van der Waals surface area contributed by atoms with Crippen molar-refractivity contribution in [1.82, 2.24) is 19.9 Å². The molecular formula is C30H28N6O3. The summed E-state index contributed by atoms with van der Waals surface area (Å²) in [6, 6.07) is 14.4. The second-order valence-corrected chi connectivity index (χ2v) is 11.2. The molecule has 0 spiro atoms. The molecule has 3 aliphatic rings. The average molecular weight is 521 g/mol. The van der Waals surface area contributed by atoms with E-state index in [0.29, 0.717) is 53.3 Å². The normalized spacial score (nSPS) is 25.4. The van der Waals surface area contributed by atoms with Crippen molar-refractivity contribution in [2.75, 3.05) is 10.6 Å². The molecule has 196 valence electrons. The third kappa shape index (κ3) is 4.27. The fourth-order valence-electron chi connectivity index (χ4n) is 6.97. The number of fused-ring (bicyclic) bond motifs is 3. The second-order valence-electron chi connectivity index (χ2n) is 11.2. The van der Waals surface area contributed by atoms with Crippen molar-refractivity contribution < 1.29 is 14.4 Å². The van der Waals surface area contributed by atoms with Gasteiger partial charge in [0.2, 0.25) is 5.91 Å². The van der Waals surface area contributed by atoms with Crippen LogP contribution in [0.5, 0.6) is 0 Å². The van der Waals surface area contributed by atoms with Crippen molar-refractivity contribution >= 4 is 40.1 Å². The van der Waals surface area contributed by atoms with Gasteiger partial charge in [-0.1, -0.05) is 6.07 Å². The molecule has 3 saturated carbocycles. The highest BCUT2D eigenvalue weighted by atomic mass is 16.2. The van der Waals surface area contributed by atoms with Crippen molar-refractivity contribution in [1.29, 1.82) is 0 Å². The Morgan fingerprint density at radius 3 is 2.69 bits per heavy atom. The van der Waals surface area contributed by atoms with Crippen molar-refractivity contribution in [3.63, 3.8) is 0 Å². The Hall–Kier alpha value is -4.40. The number of nitrogens with zero attached hydrogens (tertiary/aromatic N) is 3. The molecule has 0 saturated heterocycles. The molecule has 0 aliphatic heterocycles. The summed E-state index contributed by atoms with van der Waals surface area (Å²) in [6.07, 6.45) is 8.35. The van der Waals surface area contributed by atoms with Gasteiger partial charge in [-0.25, -0.2) is 9.97 Å². The van der Waals surface area contributed by atoms with Gasteiger partial charge >= 0.3 is 0 Å². The third-order valence-corrected chi connectivity index (χ3v) is 8.77. The van der Waals surface area contributed by atoms with Gasteiger partial charge < -0.3 is 15.6 Å². The molecule has 39 heavy (non-hydrogen) atoms. The smallest absolute Gasteiger partial charge is 0.275 e. The molecule has 4 unspecified atom stereocenters. The fraction of sp³-hybridized carbons (Fsp3) is 0.333. The summed E-state index contributed by atoms with van der Waals surface area (Å²) >= 11 is 0. The first-order valence-corrected chi connectivity index (χ1v) is 13.5. The number of imidazole rings is 1. The van der Waals surface area contributed by atoms with Crippen LogP contribution in [0.15, 0.2) is 60.9 Å². The van der Waals surface area contributed by atoms with Crippen LogP contribution in [0, 0.1) is 23.2 Å². The van der Waals surface area contributed by atoms with Gasteiger partial charge in [-0.3, -0.25) is 19.4 Å². The van der Waals surface area contributed by atoms with Crippen LogP contribution in [-0.2, 0) is 9.59 Å². The Labute approximate surface area is 224 Å². The lowest BCUT2D eigenvalue weighted by Gasteiger charge is -2.36. The Kier molecular flexibility index (Phi) is 5.54. The van der Waals surface area contributed by atoms with Crippen LogP contribution >= 0.6 is 0 Å². The van der Waals surface area contributed by atoms with Crippen molar-refractivity contribution in [2.24, 2.45) is 23.2 Å². The van der Waals surface area contributed by atoms with Crippen molar-refractivity contribution in [3.05, 3.63) is 66.6 Å². The zero-order chi connectivity index (χ0) is 26.6. The molecule has 2 amide bonds. The quantitative estimate of drug-likeness (QED) is 0.340. The predicted molar refractivity (Wildman–Crippen MR) is 146 cm³/mol. The number of carbonyl (C=O) groups is 3. The average Bonchev–Trinajstić information content (AvgIpc) is 3.47. The zero-order valence-corrected chi connectivity index (χ0v) is 21.3. The maximum absolute atomic E-state index is 13.5. The highest BCUT2D eigenvalue weighted by Gasteiger charge is 2.57. The molecule has 3 aliphatic carbocycles. The van der Waals surface area contributed by atoms with E-state index in [9.17, 15) is 14.4 Å². The number of benzene rings is 1. The highest BCUT2D eigenvalue weighted by Crippen LogP contribution is 2.59. The van der Waals surface area contributed by atoms with E-state index >= 15 is 0 Å². The minimum atomic E-state index is -0.414. The Morgan fingerprint density at radius 2 is 1.87 bits per heavy atom. The molecular weight excluding hydrogens is 492 g/mol. The van der Waals surface area contributed by atoms with E-state index in [1.807, 2.05) is 24.3 Å². The number of carbonyl (C=O) groups excluding carboxylic acids is 3. The first kappa shape index (κ1) is 23.7. The molecule has 1 aromatic carbocycles. The van der Waals surface area contributed by atoms with Crippen LogP contribution < -0.4 is 10.6 Å². The number of Topliss-reactive ketones (excluding diaryl/α,β-unsaturated/α-hetero) is 1. The molecule has 3 N–H and O–H groups in total. The van der Waals surface area contributed by atoms with E-state index in [-0.39, 0.29) is 17.7 Å². The van der Waals surface area contributed by atoms with Gasteiger partial charge in [0.05, 0.1) is 22.6 Å². The summed E-state index contributed by atoms with van der Waals surface area (Å²) in [7, 11) is 0. The fourth-order valence-corrected chi connectivity index (χ4v) is 6.97. The van der Waals surface area contributed by atoms with E-state index in [2.05, 4.69) is 30.6 Å². The standard InChI is InChI=1S/C30H28N6O3/c37-25-9-4-17-11-19-14-30(13-17,15-21(19)25)29(39)33-20-7-5-18(6-8-20)27-34-23-12-26(32-16-24(23)35-27)36-28(38)22-3-1-2-10-31-22/h1-3,5-8,10,12,16-17,19,21H,4,9,11,13-15H2,(H,33,39)(H,34,35)(H,32,36,38). The van der Waals surface area contributed by atoms with Crippen LogP contribution in [0.1, 0.15) is 49.0 Å². The van der Waals surface area contributed by atoms with Crippen LogP contribution in [0.25, 0.3) is 22.4 Å². The SMILES string of the molecule is O=C(Nc1cc2nc(-c3ccc(NC(=O)C45CC6CCC(=O)C(C4)C(C6)C5)cc3)[nH]c2cn1)c1ccccn1. The summed E-state index contributed by atoms with van der Waals surface area (Å²) in [4.78, 5) is 54.8. The molecule has 3 fully saturated rings. The molecule has 9 heteroatoms. The molecule has 4 aromatic rings. The number of amides is 2. The van der Waals surface area contributed by atoms with Gasteiger partial charge in [0, 0.05) is 35.9 Å². The number of nitrogens with one attached hydrogen (secondary N) is 3. The predicted octanol–water partition coefficient (Wildman–Crippen LogP) is 5.00. The van der Waals surface area contributed by atoms with Crippen molar-refractivity contribution in [3.8, 4) is 11.4 Å².